The molecule has 0 N–H and O–H groups in total. The maximum Gasteiger partial charge on any atom is 0.341 e. The highest BCUT2D eigenvalue weighted by atomic mass is 19.1. The van der Waals surface area contributed by atoms with Crippen molar-refractivity contribution in [1.29, 1.82) is 0 Å². The van der Waals surface area contributed by atoms with Crippen LogP contribution in [0.5, 0.6) is 5.75 Å². The van der Waals surface area contributed by atoms with E-state index in [-0.39, 0.29) is 12.2 Å². The van der Waals surface area contributed by atoms with Crippen LogP contribution in [0.2, 0.25) is 0 Å². The zero-order chi connectivity index (χ0) is 18.0. The molecule has 0 aliphatic carbocycles. The number of methoxy groups -OCH3 is 1. The van der Waals surface area contributed by atoms with Crippen molar-refractivity contribution in [2.75, 3.05) is 7.11 Å². The zero-order valence-electron chi connectivity index (χ0n) is 13.7. The number of rotatable bonds is 4. The van der Waals surface area contributed by atoms with E-state index < -0.39 is 17.4 Å². The van der Waals surface area contributed by atoms with Gasteiger partial charge in [-0.25, -0.2) is 14.0 Å². The minimum absolute atomic E-state index is 0.171. The Bertz CT molecular complexity index is 1010. The first-order valence-corrected chi connectivity index (χ1v) is 7.52. The second-order valence-electron chi connectivity index (χ2n) is 5.51. The highest BCUT2D eigenvalue weighted by Gasteiger charge is 2.15. The van der Waals surface area contributed by atoms with Crippen LogP contribution in [0.15, 0.2) is 51.7 Å². The summed E-state index contributed by atoms with van der Waals surface area (Å²) >= 11 is 0. The second kappa shape index (κ2) is 6.76. The number of ether oxygens (including phenoxy) is 2. The number of hydrogen-bond acceptors (Lipinski definition) is 5. The van der Waals surface area contributed by atoms with Crippen molar-refractivity contribution in [1.82, 2.24) is 0 Å². The maximum absolute atomic E-state index is 13.9. The van der Waals surface area contributed by atoms with Crippen LogP contribution in [-0.4, -0.2) is 13.1 Å². The van der Waals surface area contributed by atoms with Crippen molar-refractivity contribution in [3.63, 3.8) is 0 Å². The lowest BCUT2D eigenvalue weighted by atomic mass is 10.1. The number of carbonyl (C=O) groups is 1. The van der Waals surface area contributed by atoms with Gasteiger partial charge in [0.2, 0.25) is 0 Å². The van der Waals surface area contributed by atoms with E-state index >= 15 is 0 Å². The Morgan fingerprint density at radius 2 is 1.96 bits per heavy atom. The summed E-state index contributed by atoms with van der Waals surface area (Å²) in [5.41, 5.74) is 1.09. The van der Waals surface area contributed by atoms with E-state index in [1.807, 2.05) is 13.0 Å². The van der Waals surface area contributed by atoms with Crippen molar-refractivity contribution < 1.29 is 23.1 Å². The van der Waals surface area contributed by atoms with Gasteiger partial charge in [-0.15, -0.1) is 0 Å². The molecule has 0 aliphatic heterocycles. The van der Waals surface area contributed by atoms with Gasteiger partial charge >= 0.3 is 11.6 Å². The zero-order valence-corrected chi connectivity index (χ0v) is 13.7. The first kappa shape index (κ1) is 16.7. The monoisotopic (exact) mass is 342 g/mol. The van der Waals surface area contributed by atoms with Crippen LogP contribution in [0.1, 0.15) is 21.5 Å². The molecule has 5 nitrogen and oxygen atoms in total. The van der Waals surface area contributed by atoms with Crippen LogP contribution >= 0.6 is 0 Å². The molecule has 0 unspecified atom stereocenters. The maximum atomic E-state index is 13.9. The van der Waals surface area contributed by atoms with E-state index in [1.165, 1.54) is 25.3 Å². The fourth-order valence-electron chi connectivity index (χ4n) is 2.47. The van der Waals surface area contributed by atoms with Gasteiger partial charge in [0.05, 0.1) is 12.7 Å². The molecular formula is C19H15FO5. The van der Waals surface area contributed by atoms with E-state index in [0.29, 0.717) is 22.3 Å². The quantitative estimate of drug-likeness (QED) is 0.535. The average Bonchev–Trinajstić information content (AvgIpc) is 2.58. The van der Waals surface area contributed by atoms with Gasteiger partial charge in [0.1, 0.15) is 23.8 Å². The Labute approximate surface area is 142 Å². The van der Waals surface area contributed by atoms with Crippen molar-refractivity contribution in [3.8, 4) is 5.75 Å². The smallest absolute Gasteiger partial charge is 0.341 e. The van der Waals surface area contributed by atoms with Crippen LogP contribution in [0.4, 0.5) is 4.39 Å². The number of hydrogen-bond donors (Lipinski definition) is 0. The lowest BCUT2D eigenvalue weighted by Gasteiger charge is -2.09. The SMILES string of the molecule is COc1ccc(C(=O)OCc2cc(=O)oc3cc(C)ccc23)c(F)c1. The molecule has 3 rings (SSSR count). The first-order valence-electron chi connectivity index (χ1n) is 7.52. The number of carbonyl (C=O) groups excluding carboxylic acids is 1. The predicted molar refractivity (Wildman–Crippen MR) is 89.3 cm³/mol. The minimum atomic E-state index is -0.825. The fourth-order valence-corrected chi connectivity index (χ4v) is 2.47. The molecule has 0 radical (unpaired) electrons. The Balaban J connectivity index is 1.85. The van der Waals surface area contributed by atoms with E-state index in [2.05, 4.69) is 0 Å². The van der Waals surface area contributed by atoms with E-state index in [0.717, 1.165) is 11.6 Å². The summed E-state index contributed by atoms with van der Waals surface area (Å²) in [5, 5.41) is 0.660. The molecular weight excluding hydrogens is 327 g/mol. The van der Waals surface area contributed by atoms with Gasteiger partial charge < -0.3 is 13.9 Å². The second-order valence-corrected chi connectivity index (χ2v) is 5.51. The van der Waals surface area contributed by atoms with Gasteiger partial charge in [0.15, 0.2) is 0 Å². The van der Waals surface area contributed by atoms with Crippen LogP contribution in [-0.2, 0) is 11.3 Å². The molecule has 0 bridgehead atoms. The third-order valence-corrected chi connectivity index (χ3v) is 3.74. The molecule has 0 saturated carbocycles. The molecule has 1 heterocycles. The minimum Gasteiger partial charge on any atom is -0.497 e. The van der Waals surface area contributed by atoms with Crippen LogP contribution < -0.4 is 10.4 Å². The van der Waals surface area contributed by atoms with Crippen LogP contribution in [0.25, 0.3) is 11.0 Å². The van der Waals surface area contributed by atoms with Crippen molar-refractivity contribution in [2.24, 2.45) is 0 Å². The lowest BCUT2D eigenvalue weighted by Crippen LogP contribution is -2.09. The van der Waals surface area contributed by atoms with Gasteiger partial charge in [-0.3, -0.25) is 0 Å². The number of aryl methyl sites for hydroxylation is 1. The molecule has 6 heteroatoms. The summed E-state index contributed by atoms with van der Waals surface area (Å²) in [4.78, 5) is 23.8. The summed E-state index contributed by atoms with van der Waals surface area (Å²) in [6, 6.07) is 10.5. The Kier molecular flexibility index (Phi) is 4.52. The summed E-state index contributed by atoms with van der Waals surface area (Å²) in [7, 11) is 1.40. The van der Waals surface area contributed by atoms with Gasteiger partial charge in [-0.2, -0.15) is 0 Å². The molecule has 128 valence electrons. The standard InChI is InChI=1S/C19H15FO5/c1-11-3-5-14-12(8-18(21)25-17(14)7-11)10-24-19(22)15-6-4-13(23-2)9-16(15)20/h3-9H,10H2,1-2H3. The summed E-state index contributed by atoms with van der Waals surface area (Å²) in [5.74, 6) is -1.26. The molecule has 0 amide bonds. The summed E-state index contributed by atoms with van der Waals surface area (Å²) in [6.45, 7) is 1.70. The van der Waals surface area contributed by atoms with Gasteiger partial charge in [-0.1, -0.05) is 12.1 Å². The van der Waals surface area contributed by atoms with Gasteiger partial charge in [0.25, 0.3) is 0 Å². The third-order valence-electron chi connectivity index (χ3n) is 3.74. The highest BCUT2D eigenvalue weighted by molar-refractivity contribution is 5.90. The van der Waals surface area contributed by atoms with Crippen LogP contribution in [0, 0.1) is 12.7 Å². The van der Waals surface area contributed by atoms with Crippen molar-refractivity contribution in [3.05, 3.63) is 75.4 Å². The number of esters is 1. The molecule has 2 aromatic carbocycles. The van der Waals surface area contributed by atoms with Crippen molar-refractivity contribution in [2.45, 2.75) is 13.5 Å². The number of benzene rings is 2. The largest absolute Gasteiger partial charge is 0.497 e. The molecule has 25 heavy (non-hydrogen) atoms. The lowest BCUT2D eigenvalue weighted by molar-refractivity contribution is 0.0468. The topological polar surface area (TPSA) is 65.7 Å². The summed E-state index contributed by atoms with van der Waals surface area (Å²) in [6.07, 6.45) is 0. The Morgan fingerprint density at radius 1 is 1.16 bits per heavy atom. The van der Waals surface area contributed by atoms with Gasteiger partial charge in [-0.05, 0) is 30.7 Å². The van der Waals surface area contributed by atoms with E-state index in [9.17, 15) is 14.0 Å². The first-order chi connectivity index (χ1) is 12.0. The Morgan fingerprint density at radius 3 is 2.68 bits per heavy atom. The molecule has 1 aromatic heterocycles. The predicted octanol–water partition coefficient (Wildman–Crippen LogP) is 3.61. The number of fused-ring (bicyclic) bond motifs is 1. The van der Waals surface area contributed by atoms with E-state index in [1.54, 1.807) is 12.1 Å². The third kappa shape index (κ3) is 3.52. The molecule has 0 aliphatic rings. The summed E-state index contributed by atoms with van der Waals surface area (Å²) < 4.78 is 29.1. The van der Waals surface area contributed by atoms with Gasteiger partial charge in [0, 0.05) is 23.1 Å². The fraction of sp³-hybridized carbons (Fsp3) is 0.158. The van der Waals surface area contributed by atoms with E-state index in [4.69, 9.17) is 13.9 Å². The molecule has 0 spiro atoms. The molecule has 0 saturated heterocycles. The molecule has 0 atom stereocenters. The van der Waals surface area contributed by atoms with Crippen molar-refractivity contribution >= 4 is 16.9 Å². The molecule has 3 aromatic rings. The normalized spacial score (nSPS) is 10.7. The van der Waals surface area contributed by atoms with Crippen LogP contribution in [0.3, 0.4) is 0 Å². The molecule has 0 fully saturated rings. The number of halogens is 1. The Hall–Kier alpha value is -3.15. The average molecular weight is 342 g/mol. The highest BCUT2D eigenvalue weighted by Crippen LogP contribution is 2.21.